The molecule has 2 atom stereocenters. The highest BCUT2D eigenvalue weighted by molar-refractivity contribution is 7.89. The third-order valence-corrected chi connectivity index (χ3v) is 10.5. The van der Waals surface area contributed by atoms with Crippen LogP contribution in [0.2, 0.25) is 0 Å². The standard InChI is InChI=1S/C33H41N5O4S/c1-7-25-20-37(43(40,41)29-12-10-9-11-28(29)42-25)19-24-17-23(14-13-21(24)3)31(33(5,6)18-30(34)39)26-15-16-27-32(22(26)4)35-36-38(27)8-2/h9-17,25,31H,7-8,18-20H2,1-6H3,(H2,34,39)/t25-,31+/m1/s1. The van der Waals surface area contributed by atoms with Crippen LogP contribution in [0.25, 0.3) is 11.0 Å². The molecule has 228 valence electrons. The minimum atomic E-state index is -3.81. The largest absolute Gasteiger partial charge is 0.488 e. The third-order valence-electron chi connectivity index (χ3n) is 8.68. The maximum absolute atomic E-state index is 13.9. The topological polar surface area (TPSA) is 120 Å². The molecule has 3 aromatic carbocycles. The van der Waals surface area contributed by atoms with Crippen molar-refractivity contribution in [1.82, 2.24) is 19.3 Å². The van der Waals surface area contributed by atoms with Crippen LogP contribution in [0.4, 0.5) is 0 Å². The quantitative estimate of drug-likeness (QED) is 0.271. The molecule has 0 fully saturated rings. The lowest BCUT2D eigenvalue weighted by Gasteiger charge is -2.36. The van der Waals surface area contributed by atoms with Gasteiger partial charge in [-0.05, 0) is 78.6 Å². The van der Waals surface area contributed by atoms with Crippen molar-refractivity contribution >= 4 is 27.0 Å². The van der Waals surface area contributed by atoms with Gasteiger partial charge in [0.1, 0.15) is 22.3 Å². The van der Waals surface area contributed by atoms with E-state index in [0.29, 0.717) is 18.7 Å². The fourth-order valence-corrected chi connectivity index (χ4v) is 7.94. The fraction of sp³-hybridized carbons (Fsp3) is 0.424. The number of aromatic nitrogens is 3. The van der Waals surface area contributed by atoms with E-state index in [9.17, 15) is 13.2 Å². The first-order valence-corrected chi connectivity index (χ1v) is 16.3. The SMILES string of the molecule is CC[C@@H]1CN(Cc2cc([C@@H](c3ccc4c(nnn4CC)c3C)C(C)(C)CC(N)=O)ccc2C)S(=O)(=O)c2ccccc2O1. The number of ether oxygens (including phenoxy) is 1. The van der Waals surface area contributed by atoms with E-state index in [1.165, 1.54) is 4.31 Å². The predicted molar refractivity (Wildman–Crippen MR) is 167 cm³/mol. The summed E-state index contributed by atoms with van der Waals surface area (Å²) in [6.45, 7) is 13.3. The molecule has 0 radical (unpaired) electrons. The smallest absolute Gasteiger partial charge is 0.247 e. The molecular weight excluding hydrogens is 562 g/mol. The molecule has 10 heteroatoms. The Balaban J connectivity index is 1.62. The Morgan fingerprint density at radius 2 is 1.86 bits per heavy atom. The molecule has 2 N–H and O–H groups in total. The molecule has 0 bridgehead atoms. The van der Waals surface area contributed by atoms with Crippen molar-refractivity contribution in [3.8, 4) is 5.75 Å². The Morgan fingerprint density at radius 1 is 1.12 bits per heavy atom. The molecule has 0 saturated carbocycles. The number of nitrogens with zero attached hydrogens (tertiary/aromatic N) is 4. The molecule has 1 aliphatic heterocycles. The number of rotatable bonds is 9. The van der Waals surface area contributed by atoms with Gasteiger partial charge in [0.05, 0.1) is 12.1 Å². The molecule has 0 unspecified atom stereocenters. The second-order valence-electron chi connectivity index (χ2n) is 12.2. The summed E-state index contributed by atoms with van der Waals surface area (Å²) in [6.07, 6.45) is 0.579. The van der Waals surface area contributed by atoms with Gasteiger partial charge in [-0.25, -0.2) is 13.1 Å². The molecule has 9 nitrogen and oxygen atoms in total. The van der Waals surface area contributed by atoms with Crippen LogP contribution in [0.1, 0.15) is 74.3 Å². The van der Waals surface area contributed by atoms with Crippen molar-refractivity contribution in [1.29, 1.82) is 0 Å². The highest BCUT2D eigenvalue weighted by atomic mass is 32.2. The molecule has 0 saturated heterocycles. The summed E-state index contributed by atoms with van der Waals surface area (Å²) in [5.41, 5.74) is 11.9. The average molecular weight is 604 g/mol. The highest BCUT2D eigenvalue weighted by Crippen LogP contribution is 2.46. The molecule has 1 amide bonds. The van der Waals surface area contributed by atoms with E-state index in [4.69, 9.17) is 10.5 Å². The maximum Gasteiger partial charge on any atom is 0.247 e. The second-order valence-corrected chi connectivity index (χ2v) is 14.1. The zero-order valence-electron chi connectivity index (χ0n) is 25.8. The molecule has 5 rings (SSSR count). The molecule has 2 heterocycles. The first kappa shape index (κ1) is 30.7. The zero-order chi connectivity index (χ0) is 31.1. The van der Waals surface area contributed by atoms with Gasteiger partial charge < -0.3 is 10.5 Å². The summed E-state index contributed by atoms with van der Waals surface area (Å²) in [4.78, 5) is 12.5. The van der Waals surface area contributed by atoms with E-state index in [-0.39, 0.29) is 42.3 Å². The van der Waals surface area contributed by atoms with Crippen molar-refractivity contribution in [2.45, 2.75) is 84.4 Å². The normalized spacial score (nSPS) is 17.7. The third kappa shape index (κ3) is 5.78. The van der Waals surface area contributed by atoms with Crippen LogP contribution in [-0.4, -0.2) is 46.3 Å². The number of para-hydroxylation sites is 1. The Labute approximate surface area is 254 Å². The molecule has 1 aromatic heterocycles. The summed E-state index contributed by atoms with van der Waals surface area (Å²) in [7, 11) is -3.81. The second kappa shape index (κ2) is 11.7. The van der Waals surface area contributed by atoms with Crippen molar-refractivity contribution < 1.29 is 17.9 Å². The summed E-state index contributed by atoms with van der Waals surface area (Å²) in [5, 5.41) is 8.79. The minimum Gasteiger partial charge on any atom is -0.488 e. The molecule has 0 aliphatic carbocycles. The van der Waals surface area contributed by atoms with Crippen molar-refractivity contribution in [3.05, 3.63) is 82.4 Å². The summed E-state index contributed by atoms with van der Waals surface area (Å²) in [5.74, 6) is -0.205. The van der Waals surface area contributed by atoms with Crippen molar-refractivity contribution in [3.63, 3.8) is 0 Å². The van der Waals surface area contributed by atoms with Crippen LogP contribution in [0.15, 0.2) is 59.5 Å². The Kier molecular flexibility index (Phi) is 8.37. The van der Waals surface area contributed by atoms with E-state index in [1.54, 1.807) is 24.3 Å². The summed E-state index contributed by atoms with van der Waals surface area (Å²) < 4.78 is 37.3. The summed E-state index contributed by atoms with van der Waals surface area (Å²) in [6, 6.07) is 17.2. The van der Waals surface area contributed by atoms with Gasteiger partial charge in [0.2, 0.25) is 15.9 Å². The first-order chi connectivity index (χ1) is 20.4. The maximum atomic E-state index is 13.9. The number of hydrogen-bond donors (Lipinski definition) is 1. The Hall–Kier alpha value is -3.76. The van der Waals surface area contributed by atoms with Crippen LogP contribution >= 0.6 is 0 Å². The molecule has 4 aromatic rings. The van der Waals surface area contributed by atoms with E-state index in [1.807, 2.05) is 58.4 Å². The minimum absolute atomic E-state index is 0.173. The number of benzene rings is 3. The zero-order valence-corrected chi connectivity index (χ0v) is 26.6. The van der Waals surface area contributed by atoms with Crippen LogP contribution in [-0.2, 0) is 27.9 Å². The van der Waals surface area contributed by atoms with Gasteiger partial charge in [0.15, 0.2) is 0 Å². The Morgan fingerprint density at radius 3 is 2.56 bits per heavy atom. The van der Waals surface area contributed by atoms with E-state index in [2.05, 4.69) is 28.5 Å². The van der Waals surface area contributed by atoms with Crippen LogP contribution in [0.3, 0.4) is 0 Å². The van der Waals surface area contributed by atoms with Gasteiger partial charge in [0, 0.05) is 25.4 Å². The van der Waals surface area contributed by atoms with Gasteiger partial charge in [-0.15, -0.1) is 5.10 Å². The van der Waals surface area contributed by atoms with Gasteiger partial charge in [0.25, 0.3) is 0 Å². The number of carbonyl (C=O) groups excluding carboxylic acids is 1. The van der Waals surface area contributed by atoms with Crippen molar-refractivity contribution in [2.75, 3.05) is 6.54 Å². The fourth-order valence-electron chi connectivity index (χ4n) is 6.37. The lowest BCUT2D eigenvalue weighted by Crippen LogP contribution is -2.36. The van der Waals surface area contributed by atoms with Crippen LogP contribution in [0, 0.1) is 19.3 Å². The highest BCUT2D eigenvalue weighted by Gasteiger charge is 2.37. The number of sulfonamides is 1. The lowest BCUT2D eigenvalue weighted by atomic mass is 9.68. The average Bonchev–Trinajstić information content (AvgIpc) is 3.34. The van der Waals surface area contributed by atoms with E-state index >= 15 is 0 Å². The van der Waals surface area contributed by atoms with Crippen LogP contribution < -0.4 is 10.5 Å². The number of carbonyl (C=O) groups is 1. The number of fused-ring (bicyclic) bond motifs is 2. The number of aryl methyl sites for hydroxylation is 3. The van der Waals surface area contributed by atoms with Gasteiger partial charge in [-0.1, -0.05) is 62.4 Å². The molecule has 43 heavy (non-hydrogen) atoms. The lowest BCUT2D eigenvalue weighted by molar-refractivity contribution is -0.120. The van der Waals surface area contributed by atoms with Gasteiger partial charge in [-0.2, -0.15) is 4.31 Å². The number of amides is 1. The van der Waals surface area contributed by atoms with Gasteiger partial charge in [-0.3, -0.25) is 4.79 Å². The van der Waals surface area contributed by atoms with Crippen LogP contribution in [0.5, 0.6) is 5.75 Å². The number of primary amides is 1. The number of nitrogens with two attached hydrogens (primary N) is 1. The van der Waals surface area contributed by atoms with Crippen molar-refractivity contribution in [2.24, 2.45) is 11.1 Å². The first-order valence-electron chi connectivity index (χ1n) is 14.8. The molecular formula is C33H41N5O4S. The van der Waals surface area contributed by atoms with Gasteiger partial charge >= 0.3 is 0 Å². The predicted octanol–water partition coefficient (Wildman–Crippen LogP) is 5.46. The van der Waals surface area contributed by atoms with E-state index in [0.717, 1.165) is 38.9 Å². The molecule has 1 aliphatic rings. The van der Waals surface area contributed by atoms with E-state index < -0.39 is 15.4 Å². The Bertz CT molecular complexity index is 1780. The summed E-state index contributed by atoms with van der Waals surface area (Å²) >= 11 is 0. The molecule has 0 spiro atoms. The monoisotopic (exact) mass is 603 g/mol. The number of hydrogen-bond acceptors (Lipinski definition) is 6.